The standard InChI is InChI=1S/C12H13NO3/c1-2-6-10(14)13-11(12(15)16)9-7-4-3-5-8-9/h2-8,11H,1H3,(H,13,14)(H,15,16)/t11-/m1/s1. The monoisotopic (exact) mass is 219 g/mol. The fourth-order valence-electron chi connectivity index (χ4n) is 1.27. The van der Waals surface area contributed by atoms with Crippen molar-refractivity contribution in [1.82, 2.24) is 5.32 Å². The van der Waals surface area contributed by atoms with Crippen LogP contribution < -0.4 is 5.32 Å². The molecule has 1 atom stereocenters. The second-order valence-corrected chi connectivity index (χ2v) is 3.19. The summed E-state index contributed by atoms with van der Waals surface area (Å²) in [6.07, 6.45) is 2.85. The van der Waals surface area contributed by atoms with E-state index in [1.165, 1.54) is 6.08 Å². The fraction of sp³-hybridized carbons (Fsp3) is 0.167. The number of allylic oxidation sites excluding steroid dienone is 1. The summed E-state index contributed by atoms with van der Waals surface area (Å²) < 4.78 is 0. The fourth-order valence-corrected chi connectivity index (χ4v) is 1.27. The van der Waals surface area contributed by atoms with Crippen molar-refractivity contribution in [2.75, 3.05) is 0 Å². The predicted molar refractivity (Wildman–Crippen MR) is 59.8 cm³/mol. The highest BCUT2D eigenvalue weighted by Gasteiger charge is 2.20. The Bertz CT molecular complexity index is 398. The number of rotatable bonds is 4. The van der Waals surface area contributed by atoms with Crippen molar-refractivity contribution in [1.29, 1.82) is 0 Å². The van der Waals surface area contributed by atoms with Gasteiger partial charge in [0.2, 0.25) is 5.91 Å². The van der Waals surface area contributed by atoms with Crippen molar-refractivity contribution >= 4 is 11.9 Å². The van der Waals surface area contributed by atoms with Gasteiger partial charge < -0.3 is 10.4 Å². The quantitative estimate of drug-likeness (QED) is 0.754. The number of benzene rings is 1. The van der Waals surface area contributed by atoms with Crippen LogP contribution in [-0.4, -0.2) is 17.0 Å². The average molecular weight is 219 g/mol. The van der Waals surface area contributed by atoms with Gasteiger partial charge in [-0.3, -0.25) is 4.79 Å². The van der Waals surface area contributed by atoms with Gasteiger partial charge in [-0.25, -0.2) is 4.79 Å². The van der Waals surface area contributed by atoms with Crippen molar-refractivity contribution < 1.29 is 14.7 Å². The SMILES string of the molecule is CC=CC(=O)N[C@@H](C(=O)O)c1ccccc1. The molecule has 0 bridgehead atoms. The lowest BCUT2D eigenvalue weighted by atomic mass is 10.1. The van der Waals surface area contributed by atoms with Gasteiger partial charge in [-0.2, -0.15) is 0 Å². The van der Waals surface area contributed by atoms with Crippen LogP contribution in [0.15, 0.2) is 42.5 Å². The molecule has 0 radical (unpaired) electrons. The molecule has 4 nitrogen and oxygen atoms in total. The molecule has 2 N–H and O–H groups in total. The van der Waals surface area contributed by atoms with Gasteiger partial charge in [0.15, 0.2) is 6.04 Å². The zero-order valence-corrected chi connectivity index (χ0v) is 8.88. The van der Waals surface area contributed by atoms with Crippen LogP contribution in [0.3, 0.4) is 0 Å². The summed E-state index contributed by atoms with van der Waals surface area (Å²) in [7, 11) is 0. The second kappa shape index (κ2) is 5.70. The Balaban J connectivity index is 2.85. The van der Waals surface area contributed by atoms with Gasteiger partial charge >= 0.3 is 5.97 Å². The third kappa shape index (κ3) is 3.24. The Hall–Kier alpha value is -2.10. The number of hydrogen-bond donors (Lipinski definition) is 2. The summed E-state index contributed by atoms with van der Waals surface area (Å²) in [6.45, 7) is 1.69. The van der Waals surface area contributed by atoms with Crippen LogP contribution in [-0.2, 0) is 9.59 Å². The lowest BCUT2D eigenvalue weighted by Gasteiger charge is -2.13. The van der Waals surface area contributed by atoms with Gasteiger partial charge in [-0.1, -0.05) is 36.4 Å². The topological polar surface area (TPSA) is 66.4 Å². The van der Waals surface area contributed by atoms with E-state index < -0.39 is 17.9 Å². The lowest BCUT2D eigenvalue weighted by Crippen LogP contribution is -2.32. The van der Waals surface area contributed by atoms with E-state index >= 15 is 0 Å². The van der Waals surface area contributed by atoms with E-state index in [0.29, 0.717) is 5.56 Å². The maximum absolute atomic E-state index is 11.3. The molecular weight excluding hydrogens is 206 g/mol. The number of amides is 1. The lowest BCUT2D eigenvalue weighted by molar-refractivity contribution is -0.141. The molecule has 16 heavy (non-hydrogen) atoms. The Morgan fingerprint density at radius 2 is 1.94 bits per heavy atom. The highest BCUT2D eigenvalue weighted by molar-refractivity contribution is 5.91. The Labute approximate surface area is 93.6 Å². The maximum Gasteiger partial charge on any atom is 0.330 e. The van der Waals surface area contributed by atoms with Gasteiger partial charge in [-0.05, 0) is 18.6 Å². The van der Waals surface area contributed by atoms with Crippen molar-refractivity contribution in [3.63, 3.8) is 0 Å². The number of carbonyl (C=O) groups is 2. The van der Waals surface area contributed by atoms with Gasteiger partial charge in [0, 0.05) is 0 Å². The molecule has 0 unspecified atom stereocenters. The van der Waals surface area contributed by atoms with Crippen molar-refractivity contribution in [2.24, 2.45) is 0 Å². The Morgan fingerprint density at radius 3 is 2.44 bits per heavy atom. The minimum Gasteiger partial charge on any atom is -0.479 e. The molecule has 0 aliphatic heterocycles. The van der Waals surface area contributed by atoms with Gasteiger partial charge in [-0.15, -0.1) is 0 Å². The number of hydrogen-bond acceptors (Lipinski definition) is 2. The first kappa shape index (κ1) is 12.0. The third-order valence-corrected chi connectivity index (χ3v) is 1.98. The molecule has 4 heteroatoms. The third-order valence-electron chi connectivity index (χ3n) is 1.98. The zero-order chi connectivity index (χ0) is 12.0. The van der Waals surface area contributed by atoms with Crippen molar-refractivity contribution in [3.8, 4) is 0 Å². The highest BCUT2D eigenvalue weighted by Crippen LogP contribution is 2.12. The first-order valence-electron chi connectivity index (χ1n) is 4.86. The number of nitrogens with one attached hydrogen (secondary N) is 1. The molecule has 1 aromatic carbocycles. The minimum atomic E-state index is -1.08. The molecule has 84 valence electrons. The predicted octanol–water partition coefficient (Wildman–Crippen LogP) is 1.50. The molecular formula is C12H13NO3. The van der Waals surface area contributed by atoms with Gasteiger partial charge in [0.05, 0.1) is 0 Å². The largest absolute Gasteiger partial charge is 0.479 e. The van der Waals surface area contributed by atoms with Gasteiger partial charge in [0.1, 0.15) is 0 Å². The van der Waals surface area contributed by atoms with Crippen LogP contribution >= 0.6 is 0 Å². The summed E-state index contributed by atoms with van der Waals surface area (Å²) in [5, 5.41) is 11.4. The van der Waals surface area contributed by atoms with E-state index in [2.05, 4.69) is 5.32 Å². The molecule has 0 saturated carbocycles. The summed E-state index contributed by atoms with van der Waals surface area (Å²) in [4.78, 5) is 22.3. The molecule has 0 saturated heterocycles. The van der Waals surface area contributed by atoms with Crippen molar-refractivity contribution in [3.05, 3.63) is 48.0 Å². The molecule has 0 heterocycles. The van der Waals surface area contributed by atoms with E-state index in [1.807, 2.05) is 0 Å². The number of carboxylic acid groups (broad SMARTS) is 1. The number of carbonyl (C=O) groups excluding carboxylic acids is 1. The van der Waals surface area contributed by atoms with Crippen LogP contribution in [0.2, 0.25) is 0 Å². The molecule has 0 fully saturated rings. The van der Waals surface area contributed by atoms with Crippen LogP contribution in [0.1, 0.15) is 18.5 Å². The van der Waals surface area contributed by atoms with Crippen LogP contribution in [0, 0.1) is 0 Å². The molecule has 0 aliphatic rings. The van der Waals surface area contributed by atoms with Crippen LogP contribution in [0.4, 0.5) is 0 Å². The van der Waals surface area contributed by atoms with Crippen molar-refractivity contribution in [2.45, 2.75) is 13.0 Å². The first-order chi connectivity index (χ1) is 7.65. The molecule has 1 rings (SSSR count). The van der Waals surface area contributed by atoms with E-state index in [0.717, 1.165) is 0 Å². The van der Waals surface area contributed by atoms with E-state index in [-0.39, 0.29) is 0 Å². The molecule has 0 aromatic heterocycles. The van der Waals surface area contributed by atoms with E-state index in [9.17, 15) is 9.59 Å². The molecule has 0 spiro atoms. The Morgan fingerprint density at radius 1 is 1.31 bits per heavy atom. The van der Waals surface area contributed by atoms with Gasteiger partial charge in [0.25, 0.3) is 0 Å². The molecule has 0 aliphatic carbocycles. The van der Waals surface area contributed by atoms with E-state index in [1.54, 1.807) is 43.3 Å². The average Bonchev–Trinajstić information content (AvgIpc) is 2.27. The zero-order valence-electron chi connectivity index (χ0n) is 8.88. The smallest absolute Gasteiger partial charge is 0.330 e. The number of aliphatic carboxylic acids is 1. The number of carboxylic acids is 1. The summed E-state index contributed by atoms with van der Waals surface area (Å²) in [5.74, 6) is -1.50. The second-order valence-electron chi connectivity index (χ2n) is 3.19. The molecule has 1 amide bonds. The maximum atomic E-state index is 11.3. The minimum absolute atomic E-state index is 0.418. The highest BCUT2D eigenvalue weighted by atomic mass is 16.4. The summed E-state index contributed by atoms with van der Waals surface area (Å²) in [5.41, 5.74) is 0.549. The first-order valence-corrected chi connectivity index (χ1v) is 4.86. The summed E-state index contributed by atoms with van der Waals surface area (Å²) in [6, 6.07) is 7.56. The van der Waals surface area contributed by atoms with Crippen LogP contribution in [0.5, 0.6) is 0 Å². The summed E-state index contributed by atoms with van der Waals surface area (Å²) >= 11 is 0. The molecule has 1 aromatic rings. The van der Waals surface area contributed by atoms with Crippen LogP contribution in [0.25, 0.3) is 0 Å². The normalized spacial score (nSPS) is 12.3. The van der Waals surface area contributed by atoms with E-state index in [4.69, 9.17) is 5.11 Å². The Kier molecular flexibility index (Phi) is 4.27.